The molecule has 1 unspecified atom stereocenters. The van der Waals surface area contributed by atoms with E-state index >= 15 is 0 Å². The molecule has 0 amide bonds. The van der Waals surface area contributed by atoms with Crippen LogP contribution in [0.2, 0.25) is 0 Å². The van der Waals surface area contributed by atoms with E-state index in [2.05, 4.69) is 0 Å². The molecule has 7 nitrogen and oxygen atoms in total. The summed E-state index contributed by atoms with van der Waals surface area (Å²) in [5.41, 5.74) is -3.77. The van der Waals surface area contributed by atoms with Crippen molar-refractivity contribution in [3.05, 3.63) is 23.8 Å². The molecule has 96 valence electrons. The van der Waals surface area contributed by atoms with Gasteiger partial charge in [-0.3, -0.25) is 5.21 Å². The maximum absolute atomic E-state index is 11.7. The first-order chi connectivity index (χ1) is 7.59. The number of ether oxygens (including phenoxy) is 1. The van der Waals surface area contributed by atoms with Crippen LogP contribution in [-0.2, 0) is 9.53 Å². The van der Waals surface area contributed by atoms with Crippen LogP contribution < -0.4 is 0 Å². The molecule has 0 saturated carbocycles. The predicted molar refractivity (Wildman–Crippen MR) is 55.8 cm³/mol. The Balaban J connectivity index is 3.09. The molecule has 0 radical (unpaired) electrons. The number of nitrogens with zero attached hydrogens (tertiary/aromatic N) is 1. The summed E-state index contributed by atoms with van der Waals surface area (Å²) >= 11 is 0. The average Bonchev–Trinajstić information content (AvgIpc) is 2.18. The van der Waals surface area contributed by atoms with Crippen molar-refractivity contribution in [3.8, 4) is 0 Å². The Labute approximate surface area is 97.8 Å². The summed E-state index contributed by atoms with van der Waals surface area (Å²) in [6.45, 7) is 4.65. The Morgan fingerprint density at radius 1 is 1.41 bits per heavy atom. The first-order valence-electron chi connectivity index (χ1n) is 4.84. The van der Waals surface area contributed by atoms with Crippen molar-refractivity contribution in [3.63, 3.8) is 0 Å². The van der Waals surface area contributed by atoms with E-state index in [0.717, 1.165) is 12.3 Å². The van der Waals surface area contributed by atoms with Gasteiger partial charge in [0.15, 0.2) is 5.76 Å². The molecule has 0 spiro atoms. The number of hydroxylamine groups is 2. The summed E-state index contributed by atoms with van der Waals surface area (Å²) in [7, 11) is 0. The Bertz CT molecular complexity index is 394. The second-order valence-electron chi connectivity index (χ2n) is 4.57. The number of allylic oxidation sites excluding steroid dienone is 1. The van der Waals surface area contributed by atoms with Crippen molar-refractivity contribution in [2.75, 3.05) is 0 Å². The van der Waals surface area contributed by atoms with Crippen LogP contribution >= 0.6 is 0 Å². The highest BCUT2D eigenvalue weighted by Gasteiger charge is 2.51. The Morgan fingerprint density at radius 2 is 1.94 bits per heavy atom. The highest BCUT2D eigenvalue weighted by molar-refractivity contribution is 5.83. The molecule has 1 rings (SSSR count). The minimum Gasteiger partial charge on any atom is -0.504 e. The van der Waals surface area contributed by atoms with E-state index in [-0.39, 0.29) is 5.06 Å². The maximum atomic E-state index is 11.7. The molecular weight excluding hydrogens is 230 g/mol. The quantitative estimate of drug-likeness (QED) is 0.499. The molecule has 0 saturated heterocycles. The van der Waals surface area contributed by atoms with E-state index in [0.29, 0.717) is 0 Å². The zero-order valence-corrected chi connectivity index (χ0v) is 9.71. The second-order valence-corrected chi connectivity index (χ2v) is 4.57. The van der Waals surface area contributed by atoms with Crippen LogP contribution in [0.3, 0.4) is 0 Å². The fraction of sp³-hybridized carbons (Fsp3) is 0.500. The molecule has 17 heavy (non-hydrogen) atoms. The van der Waals surface area contributed by atoms with Crippen LogP contribution in [0, 0.1) is 0 Å². The van der Waals surface area contributed by atoms with E-state index in [9.17, 15) is 25.3 Å². The normalized spacial score (nSPS) is 25.1. The van der Waals surface area contributed by atoms with E-state index in [1.165, 1.54) is 0 Å². The predicted octanol–water partition coefficient (Wildman–Crippen LogP) is 0.563. The Kier molecular flexibility index (Phi) is 3.09. The number of carbonyl (C=O) groups is 1. The van der Waals surface area contributed by atoms with Crippen LogP contribution in [0.5, 0.6) is 0 Å². The molecule has 1 heterocycles. The summed E-state index contributed by atoms with van der Waals surface area (Å²) < 4.78 is 4.84. The fourth-order valence-electron chi connectivity index (χ4n) is 1.15. The third kappa shape index (κ3) is 2.34. The van der Waals surface area contributed by atoms with Crippen molar-refractivity contribution in [1.82, 2.24) is 5.06 Å². The highest BCUT2D eigenvalue weighted by Crippen LogP contribution is 2.28. The van der Waals surface area contributed by atoms with Gasteiger partial charge in [0, 0.05) is 12.3 Å². The molecule has 0 fully saturated rings. The van der Waals surface area contributed by atoms with Gasteiger partial charge < -0.3 is 20.1 Å². The first kappa shape index (κ1) is 13.3. The van der Waals surface area contributed by atoms with E-state index in [1.807, 2.05) is 0 Å². The van der Waals surface area contributed by atoms with Crippen LogP contribution in [0.1, 0.15) is 20.8 Å². The lowest BCUT2D eigenvalue weighted by Gasteiger charge is -2.35. The fourth-order valence-corrected chi connectivity index (χ4v) is 1.15. The van der Waals surface area contributed by atoms with Crippen molar-refractivity contribution in [2.45, 2.75) is 32.1 Å². The molecule has 0 aliphatic carbocycles. The number of hydrogen-bond acceptors (Lipinski definition) is 7. The second kappa shape index (κ2) is 3.94. The molecule has 0 aromatic rings. The highest BCUT2D eigenvalue weighted by atomic mass is 16.6. The van der Waals surface area contributed by atoms with Gasteiger partial charge in [-0.25, -0.2) is 9.86 Å². The van der Waals surface area contributed by atoms with Crippen LogP contribution in [0.25, 0.3) is 0 Å². The van der Waals surface area contributed by atoms with E-state index in [1.54, 1.807) is 20.8 Å². The summed E-state index contributed by atoms with van der Waals surface area (Å²) in [5.74, 6) is -3.14. The number of esters is 1. The van der Waals surface area contributed by atoms with Gasteiger partial charge in [-0.1, -0.05) is 0 Å². The standard InChI is InChI=1S/C10H15NO6/c1-9(2,3)17-8(14)10(15)7(13)6(12)4-5-11(10)16/h4-5,12-13,15-16H,1-3H3. The lowest BCUT2D eigenvalue weighted by Crippen LogP contribution is -2.56. The molecule has 4 N–H and O–H groups in total. The lowest BCUT2D eigenvalue weighted by molar-refractivity contribution is -0.245. The minimum absolute atomic E-state index is 0.0517. The van der Waals surface area contributed by atoms with Gasteiger partial charge in [0.25, 0.3) is 0 Å². The molecule has 1 aliphatic heterocycles. The molecule has 0 aromatic heterocycles. The molecule has 1 aliphatic rings. The third-order valence-electron chi connectivity index (χ3n) is 1.96. The van der Waals surface area contributed by atoms with Gasteiger partial charge in [0.1, 0.15) is 5.60 Å². The van der Waals surface area contributed by atoms with E-state index in [4.69, 9.17) is 4.74 Å². The van der Waals surface area contributed by atoms with E-state index < -0.39 is 28.8 Å². The average molecular weight is 245 g/mol. The first-order valence-corrected chi connectivity index (χ1v) is 4.84. The van der Waals surface area contributed by atoms with Gasteiger partial charge in [-0.15, -0.1) is 0 Å². The number of aliphatic hydroxyl groups excluding tert-OH is 2. The number of hydrogen-bond donors (Lipinski definition) is 4. The Morgan fingerprint density at radius 3 is 2.41 bits per heavy atom. The minimum atomic E-state index is -2.84. The molecule has 7 heteroatoms. The van der Waals surface area contributed by atoms with Crippen LogP contribution in [0.4, 0.5) is 0 Å². The number of aliphatic hydroxyl groups is 3. The largest absolute Gasteiger partial charge is 0.504 e. The van der Waals surface area contributed by atoms with Crippen molar-refractivity contribution >= 4 is 5.97 Å². The molecule has 1 atom stereocenters. The van der Waals surface area contributed by atoms with Gasteiger partial charge in [-0.05, 0) is 20.8 Å². The zero-order chi connectivity index (χ0) is 13.4. The number of carbonyl (C=O) groups excluding carboxylic acids is 1. The molecular formula is C10H15NO6. The smallest absolute Gasteiger partial charge is 0.371 e. The van der Waals surface area contributed by atoms with Gasteiger partial charge in [0.05, 0.1) is 0 Å². The van der Waals surface area contributed by atoms with Gasteiger partial charge >= 0.3 is 11.7 Å². The zero-order valence-electron chi connectivity index (χ0n) is 9.71. The lowest BCUT2D eigenvalue weighted by atomic mass is 10.1. The molecule has 0 aromatic carbocycles. The Hall–Kier alpha value is -1.73. The van der Waals surface area contributed by atoms with Gasteiger partial charge in [-0.2, -0.15) is 0 Å². The van der Waals surface area contributed by atoms with Crippen molar-refractivity contribution in [1.29, 1.82) is 0 Å². The SMILES string of the molecule is CC(C)(C)OC(=O)C1(O)C(O)=C(O)C=CN1O. The summed E-state index contributed by atoms with van der Waals surface area (Å²) in [5, 5.41) is 38.0. The van der Waals surface area contributed by atoms with Crippen LogP contribution in [0.15, 0.2) is 23.8 Å². The number of rotatable bonds is 1. The summed E-state index contributed by atoms with van der Waals surface area (Å²) in [4.78, 5) is 11.7. The monoisotopic (exact) mass is 245 g/mol. The van der Waals surface area contributed by atoms with Crippen molar-refractivity contribution < 1.29 is 30.1 Å². The van der Waals surface area contributed by atoms with Crippen molar-refractivity contribution in [2.24, 2.45) is 0 Å². The summed E-state index contributed by atoms with van der Waals surface area (Å²) in [6.07, 6.45) is 1.73. The third-order valence-corrected chi connectivity index (χ3v) is 1.96. The molecule has 0 bridgehead atoms. The topological polar surface area (TPSA) is 110 Å². The van der Waals surface area contributed by atoms with Gasteiger partial charge in [0.2, 0.25) is 5.76 Å². The van der Waals surface area contributed by atoms with Crippen LogP contribution in [-0.4, -0.2) is 42.9 Å². The summed E-state index contributed by atoms with van der Waals surface area (Å²) in [6, 6.07) is 0. The maximum Gasteiger partial charge on any atom is 0.371 e.